The molecule has 0 bridgehead atoms. The van der Waals surface area contributed by atoms with Gasteiger partial charge in [0.15, 0.2) is 0 Å². The number of nitrogens with two attached hydrogens (primary N) is 1. The van der Waals surface area contributed by atoms with Crippen LogP contribution in [0.2, 0.25) is 0 Å². The first-order valence-corrected chi connectivity index (χ1v) is 9.11. The van der Waals surface area contributed by atoms with Crippen LogP contribution in [0.5, 0.6) is 0 Å². The van der Waals surface area contributed by atoms with Gasteiger partial charge in [0, 0.05) is 25.0 Å². The summed E-state index contributed by atoms with van der Waals surface area (Å²) < 4.78 is 0. The summed E-state index contributed by atoms with van der Waals surface area (Å²) in [6.07, 6.45) is 4.31. The Labute approximate surface area is 155 Å². The van der Waals surface area contributed by atoms with Crippen LogP contribution in [-0.2, 0) is 17.6 Å². The summed E-state index contributed by atoms with van der Waals surface area (Å²) in [6.45, 7) is 2.09. The van der Waals surface area contributed by atoms with Gasteiger partial charge in [0.05, 0.1) is 0 Å². The second kappa shape index (κ2) is 8.48. The van der Waals surface area contributed by atoms with Crippen molar-refractivity contribution in [3.05, 3.63) is 95.2 Å². The molecule has 26 heavy (non-hydrogen) atoms. The monoisotopic (exact) mass is 343 g/mol. The predicted molar refractivity (Wildman–Crippen MR) is 109 cm³/mol. The van der Waals surface area contributed by atoms with Crippen molar-refractivity contribution in [3.8, 4) is 0 Å². The maximum Gasteiger partial charge on any atom is 0.137 e. The molecule has 2 heteroatoms. The number of ketones is 1. The van der Waals surface area contributed by atoms with Gasteiger partial charge < -0.3 is 5.73 Å². The number of benzene rings is 3. The quantitative estimate of drug-likeness (QED) is 0.646. The molecule has 3 rings (SSSR count). The molecule has 0 aromatic heterocycles. The lowest BCUT2D eigenvalue weighted by molar-refractivity contribution is -0.118. The van der Waals surface area contributed by atoms with Crippen molar-refractivity contribution in [1.82, 2.24) is 0 Å². The van der Waals surface area contributed by atoms with E-state index in [0.29, 0.717) is 19.3 Å². The number of hydrogen-bond donors (Lipinski definition) is 1. The molecule has 3 aromatic rings. The number of rotatable bonds is 7. The fourth-order valence-corrected chi connectivity index (χ4v) is 3.25. The molecular formula is C24H25NO. The van der Waals surface area contributed by atoms with Crippen molar-refractivity contribution in [1.29, 1.82) is 0 Å². The minimum absolute atomic E-state index is 0.231. The van der Waals surface area contributed by atoms with Gasteiger partial charge in [-0.2, -0.15) is 0 Å². The number of hydrogen-bond acceptors (Lipinski definition) is 2. The summed E-state index contributed by atoms with van der Waals surface area (Å²) in [4.78, 5) is 12.2. The van der Waals surface area contributed by atoms with E-state index in [9.17, 15) is 4.79 Å². The molecular weight excluding hydrogens is 318 g/mol. The summed E-state index contributed by atoms with van der Waals surface area (Å²) >= 11 is 0. The number of carbonyl (C=O) groups excluding carboxylic acids is 1. The zero-order chi connectivity index (χ0) is 18.4. The van der Waals surface area contributed by atoms with E-state index in [-0.39, 0.29) is 5.78 Å². The van der Waals surface area contributed by atoms with Crippen LogP contribution in [0, 0.1) is 6.92 Å². The number of carbonyl (C=O) groups is 1. The van der Waals surface area contributed by atoms with E-state index >= 15 is 0 Å². The lowest BCUT2D eigenvalue weighted by Crippen LogP contribution is -2.05. The van der Waals surface area contributed by atoms with Gasteiger partial charge >= 0.3 is 0 Å². The average molecular weight is 343 g/mol. The molecule has 0 atom stereocenters. The highest BCUT2D eigenvalue weighted by Gasteiger charge is 2.05. The van der Waals surface area contributed by atoms with Crippen LogP contribution < -0.4 is 5.73 Å². The predicted octanol–water partition coefficient (Wildman–Crippen LogP) is 5.13. The molecule has 3 aromatic carbocycles. The minimum Gasteiger partial charge on any atom is -0.402 e. The standard InChI is InChI=1S/C24H25NO/c1-18-7-2-3-8-19(18)13-15-23(26)16-14-22(25)17-21-11-6-10-20-9-4-5-12-24(20)21/h2-12,14H,13,15-17,25H2,1H3/b22-14-. The van der Waals surface area contributed by atoms with Crippen molar-refractivity contribution in [2.75, 3.05) is 0 Å². The Morgan fingerprint density at radius 1 is 0.923 bits per heavy atom. The molecule has 0 heterocycles. The van der Waals surface area contributed by atoms with Crippen LogP contribution in [0.15, 0.2) is 78.5 Å². The summed E-state index contributed by atoms with van der Waals surface area (Å²) in [5.41, 5.74) is 10.6. The molecule has 0 amide bonds. The Bertz CT molecular complexity index is 934. The second-order valence-electron chi connectivity index (χ2n) is 6.76. The lowest BCUT2D eigenvalue weighted by atomic mass is 9.99. The van der Waals surface area contributed by atoms with Crippen molar-refractivity contribution in [2.24, 2.45) is 5.73 Å². The third-order valence-corrected chi connectivity index (χ3v) is 4.80. The first-order chi connectivity index (χ1) is 12.6. The van der Waals surface area contributed by atoms with Gasteiger partial charge in [-0.3, -0.25) is 4.79 Å². The molecule has 0 fully saturated rings. The molecule has 0 radical (unpaired) electrons. The lowest BCUT2D eigenvalue weighted by Gasteiger charge is -2.07. The van der Waals surface area contributed by atoms with Crippen LogP contribution >= 0.6 is 0 Å². The molecule has 132 valence electrons. The SMILES string of the molecule is Cc1ccccc1CCC(=O)C/C=C(\N)Cc1cccc2ccccc12. The molecule has 0 saturated carbocycles. The van der Waals surface area contributed by atoms with Gasteiger partial charge in [-0.25, -0.2) is 0 Å². The first kappa shape index (κ1) is 17.9. The van der Waals surface area contributed by atoms with Gasteiger partial charge in [0.1, 0.15) is 5.78 Å². The zero-order valence-corrected chi connectivity index (χ0v) is 15.2. The molecule has 0 aliphatic rings. The van der Waals surface area contributed by atoms with Crippen LogP contribution in [0.25, 0.3) is 10.8 Å². The highest BCUT2D eigenvalue weighted by atomic mass is 16.1. The fraction of sp³-hybridized carbons (Fsp3) is 0.208. The third-order valence-electron chi connectivity index (χ3n) is 4.80. The van der Waals surface area contributed by atoms with Crippen LogP contribution in [-0.4, -0.2) is 5.78 Å². The van der Waals surface area contributed by atoms with Gasteiger partial charge in [-0.05, 0) is 40.8 Å². The summed E-state index contributed by atoms with van der Waals surface area (Å²) in [7, 11) is 0. The van der Waals surface area contributed by atoms with Crippen LogP contribution in [0.3, 0.4) is 0 Å². The van der Waals surface area contributed by atoms with Gasteiger partial charge in [0.2, 0.25) is 0 Å². The van der Waals surface area contributed by atoms with Gasteiger partial charge in [-0.15, -0.1) is 0 Å². The van der Waals surface area contributed by atoms with Gasteiger partial charge in [-0.1, -0.05) is 72.8 Å². The van der Waals surface area contributed by atoms with Crippen LogP contribution in [0.4, 0.5) is 0 Å². The third kappa shape index (κ3) is 4.60. The van der Waals surface area contributed by atoms with Gasteiger partial charge in [0.25, 0.3) is 0 Å². The van der Waals surface area contributed by atoms with Crippen molar-refractivity contribution >= 4 is 16.6 Å². The molecule has 0 aliphatic heterocycles. The van der Waals surface area contributed by atoms with Crippen molar-refractivity contribution in [3.63, 3.8) is 0 Å². The van der Waals surface area contributed by atoms with E-state index in [1.807, 2.05) is 30.3 Å². The smallest absolute Gasteiger partial charge is 0.137 e. The van der Waals surface area contributed by atoms with E-state index in [4.69, 9.17) is 5.73 Å². The van der Waals surface area contributed by atoms with E-state index in [2.05, 4.69) is 49.4 Å². The molecule has 0 aliphatic carbocycles. The van der Waals surface area contributed by atoms with Crippen molar-refractivity contribution in [2.45, 2.75) is 32.6 Å². The summed E-state index contributed by atoms with van der Waals surface area (Å²) in [5.74, 6) is 0.231. The van der Waals surface area contributed by atoms with E-state index in [1.54, 1.807) is 0 Å². The highest BCUT2D eigenvalue weighted by Crippen LogP contribution is 2.20. The number of allylic oxidation sites excluding steroid dienone is 2. The fourth-order valence-electron chi connectivity index (χ4n) is 3.25. The minimum atomic E-state index is 0.231. The Morgan fingerprint density at radius 3 is 2.46 bits per heavy atom. The number of Topliss-reactive ketones (excluding diaryl/α,β-unsaturated/α-hetero) is 1. The normalized spacial score (nSPS) is 11.7. The largest absolute Gasteiger partial charge is 0.402 e. The molecule has 0 saturated heterocycles. The van der Waals surface area contributed by atoms with E-state index in [1.165, 1.54) is 27.5 Å². The number of aryl methyl sites for hydroxylation is 2. The maximum absolute atomic E-state index is 12.2. The van der Waals surface area contributed by atoms with E-state index in [0.717, 1.165) is 12.1 Å². The Balaban J connectivity index is 1.58. The topological polar surface area (TPSA) is 43.1 Å². The molecule has 2 N–H and O–H groups in total. The number of fused-ring (bicyclic) bond motifs is 1. The maximum atomic E-state index is 12.2. The Morgan fingerprint density at radius 2 is 1.62 bits per heavy atom. The molecule has 0 unspecified atom stereocenters. The molecule has 2 nitrogen and oxygen atoms in total. The summed E-state index contributed by atoms with van der Waals surface area (Å²) in [6, 6.07) is 22.8. The van der Waals surface area contributed by atoms with Crippen molar-refractivity contribution < 1.29 is 4.79 Å². The van der Waals surface area contributed by atoms with E-state index < -0.39 is 0 Å². The summed E-state index contributed by atoms with van der Waals surface area (Å²) in [5, 5.41) is 2.43. The Kier molecular flexibility index (Phi) is 5.85. The average Bonchev–Trinajstić information content (AvgIpc) is 2.66. The Hall–Kier alpha value is -2.87. The first-order valence-electron chi connectivity index (χ1n) is 9.11. The molecule has 0 spiro atoms. The zero-order valence-electron chi connectivity index (χ0n) is 15.2. The van der Waals surface area contributed by atoms with Crippen LogP contribution in [0.1, 0.15) is 29.5 Å². The highest BCUT2D eigenvalue weighted by molar-refractivity contribution is 5.86. The second-order valence-corrected chi connectivity index (χ2v) is 6.76.